The molecule has 0 bridgehead atoms. The van der Waals surface area contributed by atoms with Gasteiger partial charge in [0.1, 0.15) is 0 Å². The molecule has 0 fully saturated rings. The Bertz CT molecular complexity index is 1380. The monoisotopic (exact) mass is 468 g/mol. The first kappa shape index (κ1) is 25.0. The molecule has 0 amide bonds. The molecule has 1 aliphatic heterocycles. The molecule has 4 nitrogen and oxygen atoms in total. The summed E-state index contributed by atoms with van der Waals surface area (Å²) in [5.41, 5.74) is 13.2. The molecule has 2 N–H and O–H groups in total. The molecular formula is C31H40N4. The van der Waals surface area contributed by atoms with Crippen LogP contribution in [0.4, 0.5) is 0 Å². The molecule has 35 heavy (non-hydrogen) atoms. The third-order valence-electron chi connectivity index (χ3n) is 7.69. The predicted octanol–water partition coefficient (Wildman–Crippen LogP) is 5.37. The number of H-pyrrole nitrogens is 2. The molecule has 4 rings (SSSR count). The number of allylic oxidation sites excluding steroid dienone is 1. The molecule has 0 radical (unpaired) electrons. The van der Waals surface area contributed by atoms with Crippen molar-refractivity contribution in [3.63, 3.8) is 0 Å². The highest BCUT2D eigenvalue weighted by molar-refractivity contribution is 6.00. The van der Waals surface area contributed by atoms with Crippen LogP contribution >= 0.6 is 0 Å². The van der Waals surface area contributed by atoms with Gasteiger partial charge in [0, 0.05) is 40.4 Å². The molecule has 1 atom stereocenters. The van der Waals surface area contributed by atoms with Crippen molar-refractivity contribution in [2.24, 2.45) is 4.99 Å². The van der Waals surface area contributed by atoms with Gasteiger partial charge in [-0.05, 0) is 104 Å². The van der Waals surface area contributed by atoms with Gasteiger partial charge in [-0.3, -0.25) is 9.98 Å². The van der Waals surface area contributed by atoms with Crippen molar-refractivity contribution in [2.75, 3.05) is 0 Å². The Morgan fingerprint density at radius 2 is 1.46 bits per heavy atom. The molecule has 0 aromatic carbocycles. The van der Waals surface area contributed by atoms with Crippen LogP contribution in [0.5, 0.6) is 0 Å². The summed E-state index contributed by atoms with van der Waals surface area (Å²) >= 11 is 0. The summed E-state index contributed by atoms with van der Waals surface area (Å²) in [7, 11) is 0. The van der Waals surface area contributed by atoms with Crippen LogP contribution in [0.1, 0.15) is 87.8 Å². The second-order valence-electron chi connectivity index (χ2n) is 9.58. The molecule has 1 aliphatic rings. The van der Waals surface area contributed by atoms with Gasteiger partial charge < -0.3 is 9.97 Å². The van der Waals surface area contributed by atoms with Crippen molar-refractivity contribution in [3.05, 3.63) is 85.6 Å². The van der Waals surface area contributed by atoms with Gasteiger partial charge in [-0.15, -0.1) is 0 Å². The normalized spacial score (nSPS) is 17.1. The van der Waals surface area contributed by atoms with Crippen LogP contribution in [0, 0.1) is 0 Å². The van der Waals surface area contributed by atoms with Crippen LogP contribution in [-0.2, 0) is 32.1 Å². The number of pyridine rings is 1. The Labute approximate surface area is 210 Å². The molecule has 184 valence electrons. The number of aliphatic imine (C=N–C) groups is 1. The fourth-order valence-corrected chi connectivity index (χ4v) is 5.57. The van der Waals surface area contributed by atoms with Crippen molar-refractivity contribution in [1.82, 2.24) is 15.0 Å². The van der Waals surface area contributed by atoms with E-state index in [-0.39, 0.29) is 6.04 Å². The molecule has 0 aliphatic carbocycles. The number of aromatic amines is 2. The molecule has 0 saturated heterocycles. The number of nitrogens with one attached hydrogen (secondary N) is 2. The Balaban J connectivity index is 1.83. The second kappa shape index (κ2) is 10.6. The first-order chi connectivity index (χ1) is 16.9. The minimum atomic E-state index is 0.250. The molecule has 0 saturated carbocycles. The van der Waals surface area contributed by atoms with Crippen molar-refractivity contribution in [3.8, 4) is 0 Å². The van der Waals surface area contributed by atoms with Crippen LogP contribution in [0.15, 0.2) is 40.5 Å². The Morgan fingerprint density at radius 1 is 0.800 bits per heavy atom. The zero-order valence-corrected chi connectivity index (χ0v) is 22.5. The summed E-state index contributed by atoms with van der Waals surface area (Å²) in [6.45, 7) is 15.6. The third kappa shape index (κ3) is 4.84. The van der Waals surface area contributed by atoms with Gasteiger partial charge in [0.15, 0.2) is 0 Å². The van der Waals surface area contributed by atoms with E-state index < -0.39 is 0 Å². The smallest absolute Gasteiger partial charge is 0.0770 e. The summed E-state index contributed by atoms with van der Waals surface area (Å²) in [5, 5.41) is 2.38. The largest absolute Gasteiger partial charge is 0.358 e. The van der Waals surface area contributed by atoms with Gasteiger partial charge in [-0.2, -0.15) is 0 Å². The van der Waals surface area contributed by atoms with E-state index in [9.17, 15) is 0 Å². The van der Waals surface area contributed by atoms with Crippen LogP contribution in [0.2, 0.25) is 0 Å². The molecule has 1 unspecified atom stereocenters. The zero-order chi connectivity index (χ0) is 25.1. The highest BCUT2D eigenvalue weighted by Gasteiger charge is 2.23. The maximum atomic E-state index is 4.96. The lowest BCUT2D eigenvalue weighted by molar-refractivity contribution is 0.755. The lowest BCUT2D eigenvalue weighted by Crippen LogP contribution is -2.13. The van der Waals surface area contributed by atoms with Crippen molar-refractivity contribution in [1.29, 1.82) is 0 Å². The minimum absolute atomic E-state index is 0.250. The number of hydrogen-bond acceptors (Lipinski definition) is 2. The van der Waals surface area contributed by atoms with E-state index in [4.69, 9.17) is 4.99 Å². The Hall–Kier alpha value is -3.14. The maximum Gasteiger partial charge on any atom is 0.0770 e. The van der Waals surface area contributed by atoms with E-state index in [0.717, 1.165) is 37.8 Å². The van der Waals surface area contributed by atoms with Crippen LogP contribution in [0.25, 0.3) is 12.2 Å². The SMILES string of the molecule is CCc1c(/C=c2\[nH]/c(=C\c3ccccn3)c(CC)c2CC)[nH]c(CC2N=C(C)C(C)=C2C)c1CC. The van der Waals surface area contributed by atoms with Gasteiger partial charge in [-0.1, -0.05) is 33.8 Å². The topological polar surface area (TPSA) is 56.8 Å². The molecule has 3 aromatic heterocycles. The van der Waals surface area contributed by atoms with Gasteiger partial charge >= 0.3 is 0 Å². The summed E-state index contributed by atoms with van der Waals surface area (Å²) in [4.78, 5) is 17.0. The highest BCUT2D eigenvalue weighted by atomic mass is 14.8. The second-order valence-corrected chi connectivity index (χ2v) is 9.58. The lowest BCUT2D eigenvalue weighted by Gasteiger charge is -2.10. The molecule has 0 spiro atoms. The number of nitrogens with zero attached hydrogens (tertiary/aromatic N) is 2. The lowest BCUT2D eigenvalue weighted by atomic mass is 9.97. The van der Waals surface area contributed by atoms with E-state index in [1.807, 2.05) is 18.3 Å². The quantitative estimate of drug-likeness (QED) is 0.459. The van der Waals surface area contributed by atoms with Crippen LogP contribution in [0.3, 0.4) is 0 Å². The van der Waals surface area contributed by atoms with E-state index in [2.05, 4.69) is 81.6 Å². The number of hydrogen-bond donors (Lipinski definition) is 2. The molecular weight excluding hydrogens is 428 g/mol. The average Bonchev–Trinajstić information content (AvgIpc) is 3.46. The van der Waals surface area contributed by atoms with Crippen molar-refractivity contribution in [2.45, 2.75) is 86.6 Å². The summed E-state index contributed by atoms with van der Waals surface area (Å²) < 4.78 is 0. The Morgan fingerprint density at radius 3 is 2.00 bits per heavy atom. The predicted molar refractivity (Wildman–Crippen MR) is 149 cm³/mol. The van der Waals surface area contributed by atoms with Crippen molar-refractivity contribution >= 4 is 17.9 Å². The highest BCUT2D eigenvalue weighted by Crippen LogP contribution is 2.28. The maximum absolute atomic E-state index is 4.96. The van der Waals surface area contributed by atoms with E-state index in [0.29, 0.717) is 0 Å². The summed E-state index contributed by atoms with van der Waals surface area (Å²) in [6, 6.07) is 6.30. The van der Waals surface area contributed by atoms with Crippen LogP contribution < -0.4 is 10.7 Å². The standard InChI is InChI=1S/C31H40N4/c1-8-23-24(9-2)30(34-28(23)16-22-14-12-13-15-32-22)18-31-26(11-4)25(10-3)29(35-31)17-27-20(6)19(5)21(7)33-27/h12-16,18,27,34-35H,8-11,17H2,1-7H3/b28-16-,30-18-. The number of aromatic nitrogens is 3. The first-order valence-corrected chi connectivity index (χ1v) is 13.2. The van der Waals surface area contributed by atoms with Gasteiger partial charge in [0.25, 0.3) is 0 Å². The molecule has 3 aromatic rings. The summed E-state index contributed by atoms with van der Waals surface area (Å²) in [5.74, 6) is 0. The first-order valence-electron chi connectivity index (χ1n) is 13.2. The van der Waals surface area contributed by atoms with E-state index in [1.54, 1.807) is 0 Å². The van der Waals surface area contributed by atoms with Gasteiger partial charge in [0.05, 0.1) is 11.7 Å². The zero-order valence-electron chi connectivity index (χ0n) is 22.5. The van der Waals surface area contributed by atoms with Gasteiger partial charge in [-0.25, -0.2) is 0 Å². The molecule has 4 heteroatoms. The Kier molecular flexibility index (Phi) is 7.59. The minimum Gasteiger partial charge on any atom is -0.358 e. The van der Waals surface area contributed by atoms with Crippen molar-refractivity contribution < 1.29 is 0 Å². The van der Waals surface area contributed by atoms with Crippen LogP contribution in [-0.4, -0.2) is 26.7 Å². The van der Waals surface area contributed by atoms with E-state index >= 15 is 0 Å². The molecule has 4 heterocycles. The third-order valence-corrected chi connectivity index (χ3v) is 7.69. The fourth-order valence-electron chi connectivity index (χ4n) is 5.57. The number of rotatable bonds is 8. The van der Waals surface area contributed by atoms with Gasteiger partial charge in [0.2, 0.25) is 0 Å². The fraction of sp³-hybridized carbons (Fsp3) is 0.419. The van der Waals surface area contributed by atoms with E-state index in [1.165, 1.54) is 61.2 Å². The average molecular weight is 469 g/mol. The summed E-state index contributed by atoms with van der Waals surface area (Å²) in [6.07, 6.45) is 11.3.